The fraction of sp³-hybridized carbons (Fsp3) is 0.533. The smallest absolute Gasteiger partial charge is 0.317 e. The fourth-order valence-corrected chi connectivity index (χ4v) is 2.63. The average Bonchev–Trinajstić information content (AvgIpc) is 2.45. The van der Waals surface area contributed by atoms with Crippen LogP contribution in [0.5, 0.6) is 0 Å². The molecule has 21 heavy (non-hydrogen) atoms. The van der Waals surface area contributed by atoms with Gasteiger partial charge in [-0.1, -0.05) is 0 Å². The van der Waals surface area contributed by atoms with E-state index in [2.05, 4.69) is 10.3 Å². The first-order valence-corrected chi connectivity index (χ1v) is 7.20. The number of pyridine rings is 1. The summed E-state index contributed by atoms with van der Waals surface area (Å²) in [5.41, 5.74) is 2.08. The highest BCUT2D eigenvalue weighted by molar-refractivity contribution is 5.74. The molecule has 6 nitrogen and oxygen atoms in total. The van der Waals surface area contributed by atoms with Gasteiger partial charge in [0.1, 0.15) is 0 Å². The number of hydrogen-bond acceptors (Lipinski definition) is 3. The third-order valence-electron chi connectivity index (χ3n) is 3.85. The lowest BCUT2D eigenvalue weighted by molar-refractivity contribution is -0.138. The second kappa shape index (κ2) is 7.06. The van der Waals surface area contributed by atoms with Crippen molar-refractivity contribution in [3.05, 3.63) is 29.6 Å². The molecule has 0 spiro atoms. The Morgan fingerprint density at radius 1 is 1.52 bits per heavy atom. The highest BCUT2D eigenvalue weighted by Gasteiger charge is 2.25. The van der Waals surface area contributed by atoms with Crippen molar-refractivity contribution in [2.75, 3.05) is 13.1 Å². The van der Waals surface area contributed by atoms with E-state index in [1.807, 2.05) is 13.0 Å². The summed E-state index contributed by atoms with van der Waals surface area (Å²) in [5.74, 6) is -0.740. The molecule has 1 unspecified atom stereocenters. The molecular weight excluding hydrogens is 270 g/mol. The van der Waals surface area contributed by atoms with Crippen LogP contribution in [0, 0.1) is 12.8 Å². The van der Waals surface area contributed by atoms with Gasteiger partial charge in [-0.15, -0.1) is 0 Å². The van der Waals surface area contributed by atoms with Crippen molar-refractivity contribution < 1.29 is 14.7 Å². The Balaban J connectivity index is 1.85. The number of carbonyl (C=O) groups is 2. The zero-order valence-corrected chi connectivity index (χ0v) is 12.2. The van der Waals surface area contributed by atoms with Crippen molar-refractivity contribution in [2.24, 2.45) is 5.92 Å². The maximum atomic E-state index is 12.2. The fourth-order valence-electron chi connectivity index (χ4n) is 2.63. The Kier molecular flexibility index (Phi) is 5.14. The number of carbonyl (C=O) groups excluding carboxylic acids is 1. The summed E-state index contributed by atoms with van der Waals surface area (Å²) in [7, 11) is 0. The molecule has 1 aliphatic rings. The van der Waals surface area contributed by atoms with Crippen molar-refractivity contribution in [1.29, 1.82) is 0 Å². The predicted octanol–water partition coefficient (Wildman–Crippen LogP) is 1.79. The molecule has 2 heterocycles. The van der Waals surface area contributed by atoms with E-state index in [-0.39, 0.29) is 18.4 Å². The molecule has 1 fully saturated rings. The third kappa shape index (κ3) is 4.44. The first-order valence-electron chi connectivity index (χ1n) is 7.20. The number of aliphatic carboxylic acids is 1. The monoisotopic (exact) mass is 291 g/mol. The standard InChI is InChI=1S/C15H21N3O3/c1-11-4-5-16-8-13(11)9-17-15(21)18-6-2-3-12(10-18)7-14(19)20/h4-5,8,12H,2-3,6-7,9-10H2,1H3,(H,17,21)(H,19,20). The van der Waals surface area contributed by atoms with Crippen molar-refractivity contribution in [3.63, 3.8) is 0 Å². The molecule has 114 valence electrons. The van der Waals surface area contributed by atoms with Crippen LogP contribution in [0.3, 0.4) is 0 Å². The Bertz CT molecular complexity index is 519. The molecular formula is C15H21N3O3. The number of carboxylic acid groups (broad SMARTS) is 1. The zero-order valence-electron chi connectivity index (χ0n) is 12.2. The molecule has 0 bridgehead atoms. The van der Waals surface area contributed by atoms with E-state index in [4.69, 9.17) is 5.11 Å². The number of aromatic nitrogens is 1. The van der Waals surface area contributed by atoms with Crippen LogP contribution in [0.15, 0.2) is 18.5 Å². The number of rotatable bonds is 4. The maximum absolute atomic E-state index is 12.2. The van der Waals surface area contributed by atoms with Crippen LogP contribution in [0.4, 0.5) is 4.79 Å². The van der Waals surface area contributed by atoms with Gasteiger partial charge in [0.2, 0.25) is 0 Å². The van der Waals surface area contributed by atoms with Crippen molar-refractivity contribution in [2.45, 2.75) is 32.7 Å². The normalized spacial score (nSPS) is 18.3. The number of carboxylic acids is 1. The minimum Gasteiger partial charge on any atom is -0.481 e. The minimum atomic E-state index is -0.798. The summed E-state index contributed by atoms with van der Waals surface area (Å²) in [6, 6.07) is 1.78. The number of amides is 2. The first-order chi connectivity index (χ1) is 10.1. The Hall–Kier alpha value is -2.11. The van der Waals surface area contributed by atoms with Gasteiger partial charge in [-0.3, -0.25) is 9.78 Å². The molecule has 1 atom stereocenters. The number of hydrogen-bond donors (Lipinski definition) is 2. The van der Waals surface area contributed by atoms with E-state index >= 15 is 0 Å². The molecule has 2 rings (SSSR count). The lowest BCUT2D eigenvalue weighted by Crippen LogP contribution is -2.45. The van der Waals surface area contributed by atoms with Gasteiger partial charge < -0.3 is 15.3 Å². The van der Waals surface area contributed by atoms with Gasteiger partial charge in [0.05, 0.1) is 0 Å². The van der Waals surface area contributed by atoms with Gasteiger partial charge >= 0.3 is 12.0 Å². The number of urea groups is 1. The highest BCUT2D eigenvalue weighted by atomic mass is 16.4. The largest absolute Gasteiger partial charge is 0.481 e. The van der Waals surface area contributed by atoms with Gasteiger partial charge in [-0.05, 0) is 42.9 Å². The van der Waals surface area contributed by atoms with E-state index in [1.165, 1.54) is 0 Å². The SMILES string of the molecule is Cc1ccncc1CNC(=O)N1CCCC(CC(=O)O)C1. The van der Waals surface area contributed by atoms with E-state index in [0.29, 0.717) is 19.6 Å². The summed E-state index contributed by atoms with van der Waals surface area (Å²) in [4.78, 5) is 28.7. The zero-order chi connectivity index (χ0) is 15.2. The number of nitrogens with zero attached hydrogens (tertiary/aromatic N) is 2. The van der Waals surface area contributed by atoms with Crippen LogP contribution < -0.4 is 5.32 Å². The summed E-state index contributed by atoms with van der Waals surface area (Å²) in [6.45, 7) is 3.63. The van der Waals surface area contributed by atoms with Gasteiger partial charge in [0, 0.05) is 38.4 Å². The molecule has 0 saturated carbocycles. The van der Waals surface area contributed by atoms with Crippen molar-refractivity contribution >= 4 is 12.0 Å². The number of nitrogens with one attached hydrogen (secondary N) is 1. The number of aryl methyl sites for hydroxylation is 1. The van der Waals surface area contributed by atoms with Gasteiger partial charge in [0.25, 0.3) is 0 Å². The van der Waals surface area contributed by atoms with Crippen LogP contribution in [-0.4, -0.2) is 40.1 Å². The van der Waals surface area contributed by atoms with Gasteiger partial charge in [-0.2, -0.15) is 0 Å². The van der Waals surface area contributed by atoms with Gasteiger partial charge in [-0.25, -0.2) is 4.79 Å². The summed E-state index contributed by atoms with van der Waals surface area (Å²) in [6.07, 6.45) is 5.33. The molecule has 1 saturated heterocycles. The van der Waals surface area contributed by atoms with Crippen LogP contribution in [0.25, 0.3) is 0 Å². The minimum absolute atomic E-state index is 0.0575. The Morgan fingerprint density at radius 2 is 2.33 bits per heavy atom. The van der Waals surface area contributed by atoms with Crippen LogP contribution >= 0.6 is 0 Å². The molecule has 1 aromatic heterocycles. The molecule has 0 radical (unpaired) electrons. The number of likely N-dealkylation sites (tertiary alicyclic amines) is 1. The van der Waals surface area contributed by atoms with Crippen molar-refractivity contribution in [3.8, 4) is 0 Å². The molecule has 2 N–H and O–H groups in total. The Morgan fingerprint density at radius 3 is 3.05 bits per heavy atom. The van der Waals surface area contributed by atoms with E-state index in [0.717, 1.165) is 24.0 Å². The van der Waals surface area contributed by atoms with Gasteiger partial charge in [0.15, 0.2) is 0 Å². The molecule has 0 aromatic carbocycles. The van der Waals surface area contributed by atoms with Crippen molar-refractivity contribution in [1.82, 2.24) is 15.2 Å². The second-order valence-corrected chi connectivity index (χ2v) is 5.51. The summed E-state index contributed by atoms with van der Waals surface area (Å²) < 4.78 is 0. The van der Waals surface area contributed by atoms with E-state index < -0.39 is 5.97 Å². The maximum Gasteiger partial charge on any atom is 0.317 e. The van der Waals surface area contributed by atoms with E-state index in [9.17, 15) is 9.59 Å². The topological polar surface area (TPSA) is 82.5 Å². The third-order valence-corrected chi connectivity index (χ3v) is 3.85. The second-order valence-electron chi connectivity index (χ2n) is 5.51. The molecule has 6 heteroatoms. The molecule has 1 aromatic rings. The molecule has 2 amide bonds. The lowest BCUT2D eigenvalue weighted by Gasteiger charge is -2.32. The summed E-state index contributed by atoms with van der Waals surface area (Å²) in [5, 5.41) is 11.7. The molecule has 0 aliphatic carbocycles. The number of piperidine rings is 1. The Labute approximate surface area is 124 Å². The quantitative estimate of drug-likeness (QED) is 0.886. The van der Waals surface area contributed by atoms with Crippen LogP contribution in [0.1, 0.15) is 30.4 Å². The van der Waals surface area contributed by atoms with Crippen LogP contribution in [-0.2, 0) is 11.3 Å². The highest BCUT2D eigenvalue weighted by Crippen LogP contribution is 2.19. The van der Waals surface area contributed by atoms with Crippen LogP contribution in [0.2, 0.25) is 0 Å². The first kappa shape index (κ1) is 15.3. The molecule has 1 aliphatic heterocycles. The predicted molar refractivity (Wildman–Crippen MR) is 77.8 cm³/mol. The van der Waals surface area contributed by atoms with E-state index in [1.54, 1.807) is 17.3 Å². The summed E-state index contributed by atoms with van der Waals surface area (Å²) >= 11 is 0. The average molecular weight is 291 g/mol. The lowest BCUT2D eigenvalue weighted by atomic mass is 9.95.